The number of carbonyl (C=O) groups is 1. The summed E-state index contributed by atoms with van der Waals surface area (Å²) in [6.07, 6.45) is 7.09. The van der Waals surface area contributed by atoms with Crippen molar-refractivity contribution in [3.63, 3.8) is 0 Å². The van der Waals surface area contributed by atoms with E-state index in [0.717, 1.165) is 23.6 Å². The minimum atomic E-state index is -0.884. The molecule has 5 aromatic rings. The molecule has 0 aromatic heterocycles. The maximum atomic E-state index is 10.6. The lowest BCUT2D eigenvalue weighted by Crippen LogP contribution is -2.28. The minimum Gasteiger partial charge on any atom is -0.478 e. The molecule has 228 valence electrons. The van der Waals surface area contributed by atoms with Gasteiger partial charge in [0, 0.05) is 7.11 Å². The second-order valence-corrected chi connectivity index (χ2v) is 14.0. The Morgan fingerprint density at radius 3 is 2.24 bits per heavy atom. The molecule has 2 aliphatic carbocycles. The summed E-state index contributed by atoms with van der Waals surface area (Å²) in [5.41, 5.74) is 11.8. The number of ether oxygens (including phenoxy) is 1. The number of aryl methyl sites for hydroxylation is 1. The average molecular weight is 595 g/mol. The quantitative estimate of drug-likeness (QED) is 0.225. The monoisotopic (exact) mass is 594 g/mol. The maximum Gasteiger partial charge on any atom is 0.335 e. The van der Waals surface area contributed by atoms with Crippen LogP contribution in [-0.4, -0.2) is 18.2 Å². The molecule has 0 aliphatic heterocycles. The second-order valence-electron chi connectivity index (χ2n) is 14.0. The molecule has 1 N–H and O–H groups in total. The largest absolute Gasteiger partial charge is 0.478 e. The first-order chi connectivity index (χ1) is 21.5. The molecule has 0 unspecified atom stereocenters. The van der Waals surface area contributed by atoms with Crippen LogP contribution in [0.25, 0.3) is 38.2 Å². The highest BCUT2D eigenvalue weighted by atomic mass is 16.5. The normalized spacial score (nSPS) is 16.1. The first kappa shape index (κ1) is 30.6. The zero-order chi connectivity index (χ0) is 31.9. The summed E-state index contributed by atoms with van der Waals surface area (Å²) >= 11 is 0. The number of methoxy groups -OCH3 is 1. The van der Waals surface area contributed by atoms with Gasteiger partial charge in [-0.3, -0.25) is 0 Å². The summed E-state index contributed by atoms with van der Waals surface area (Å²) in [4.78, 5) is 10.6. The Kier molecular flexibility index (Phi) is 8.01. The SMILES string of the molecule is COCc1ccc(-c2cc(C)cc3c4c(ccc23)C2=C(CC(C)(C)C=C2)CC4(C)C)cc1.O=C(O)c1ccc2ccccc2c1. The predicted octanol–water partition coefficient (Wildman–Crippen LogP) is 10.9. The zero-order valence-electron chi connectivity index (χ0n) is 27.2. The van der Waals surface area contributed by atoms with Gasteiger partial charge in [-0.05, 0) is 103 Å². The van der Waals surface area contributed by atoms with Gasteiger partial charge in [-0.2, -0.15) is 0 Å². The molecular weight excluding hydrogens is 552 g/mol. The standard InChI is InChI=1S/C31H34O.C11H8O2/c1-20-15-27(22-9-7-21(8-10-22)19-32-6)25-11-12-26-24-13-14-30(2,3)17-23(24)18-31(4,5)29(26)28(25)16-20;12-11(13)10-6-5-8-3-1-2-4-9(8)7-10/h7-16H,17-19H2,1-6H3;1-7H,(H,12,13). The summed E-state index contributed by atoms with van der Waals surface area (Å²) in [7, 11) is 1.75. The molecule has 5 aromatic carbocycles. The van der Waals surface area contributed by atoms with Gasteiger partial charge in [-0.1, -0.05) is 124 Å². The summed E-state index contributed by atoms with van der Waals surface area (Å²) in [5, 5.41) is 13.5. The summed E-state index contributed by atoms with van der Waals surface area (Å²) in [5.74, 6) is -0.884. The molecular formula is C42H42O3. The highest BCUT2D eigenvalue weighted by molar-refractivity contribution is 6.03. The third-order valence-electron chi connectivity index (χ3n) is 9.23. The molecule has 0 amide bonds. The molecule has 3 nitrogen and oxygen atoms in total. The van der Waals surface area contributed by atoms with E-state index in [9.17, 15) is 4.79 Å². The highest BCUT2D eigenvalue weighted by Gasteiger charge is 2.36. The number of aromatic carboxylic acids is 1. The number of allylic oxidation sites excluding steroid dienone is 4. The number of hydrogen-bond donors (Lipinski definition) is 1. The van der Waals surface area contributed by atoms with Gasteiger partial charge in [0.2, 0.25) is 0 Å². The predicted molar refractivity (Wildman–Crippen MR) is 188 cm³/mol. The van der Waals surface area contributed by atoms with Crippen LogP contribution in [0.15, 0.2) is 109 Å². The number of rotatable bonds is 4. The Morgan fingerprint density at radius 2 is 1.53 bits per heavy atom. The van der Waals surface area contributed by atoms with Gasteiger partial charge < -0.3 is 9.84 Å². The van der Waals surface area contributed by atoms with E-state index in [2.05, 4.69) is 95.3 Å². The molecule has 0 bridgehead atoms. The molecule has 0 spiro atoms. The smallest absolute Gasteiger partial charge is 0.335 e. The van der Waals surface area contributed by atoms with Crippen molar-refractivity contribution in [3.8, 4) is 11.1 Å². The van der Waals surface area contributed by atoms with E-state index >= 15 is 0 Å². The molecule has 0 radical (unpaired) electrons. The Bertz CT molecular complexity index is 1990. The average Bonchev–Trinajstić information content (AvgIpc) is 3.00. The third kappa shape index (κ3) is 6.10. The molecule has 0 fully saturated rings. The van der Waals surface area contributed by atoms with Crippen molar-refractivity contribution in [3.05, 3.63) is 137 Å². The number of hydrogen-bond acceptors (Lipinski definition) is 2. The molecule has 45 heavy (non-hydrogen) atoms. The van der Waals surface area contributed by atoms with Crippen molar-refractivity contribution in [1.29, 1.82) is 0 Å². The van der Waals surface area contributed by atoms with E-state index in [-0.39, 0.29) is 10.8 Å². The fraction of sp³-hybridized carbons (Fsp3) is 0.262. The molecule has 0 atom stereocenters. The van der Waals surface area contributed by atoms with Crippen LogP contribution >= 0.6 is 0 Å². The van der Waals surface area contributed by atoms with Crippen molar-refractivity contribution in [2.24, 2.45) is 5.41 Å². The molecule has 2 aliphatic rings. The summed E-state index contributed by atoms with van der Waals surface area (Å²) < 4.78 is 5.29. The summed E-state index contributed by atoms with van der Waals surface area (Å²) in [6, 6.07) is 31.1. The van der Waals surface area contributed by atoms with Crippen LogP contribution in [0.5, 0.6) is 0 Å². The van der Waals surface area contributed by atoms with E-state index < -0.39 is 5.97 Å². The van der Waals surface area contributed by atoms with Crippen molar-refractivity contribution in [1.82, 2.24) is 0 Å². The Labute approximate surface area is 266 Å². The number of carboxylic acids is 1. The van der Waals surface area contributed by atoms with Gasteiger partial charge in [0.25, 0.3) is 0 Å². The van der Waals surface area contributed by atoms with E-state index in [1.54, 1.807) is 24.8 Å². The zero-order valence-corrected chi connectivity index (χ0v) is 27.2. The van der Waals surface area contributed by atoms with Gasteiger partial charge in [-0.25, -0.2) is 4.79 Å². The van der Waals surface area contributed by atoms with Crippen molar-refractivity contribution < 1.29 is 14.6 Å². The van der Waals surface area contributed by atoms with E-state index in [4.69, 9.17) is 9.84 Å². The van der Waals surface area contributed by atoms with Crippen molar-refractivity contribution >= 4 is 33.1 Å². The summed E-state index contributed by atoms with van der Waals surface area (Å²) in [6.45, 7) is 12.4. The number of fused-ring (bicyclic) bond motifs is 5. The number of benzene rings is 5. The van der Waals surface area contributed by atoms with E-state index in [1.807, 2.05) is 30.3 Å². The lowest BCUT2D eigenvalue weighted by atomic mass is 9.64. The van der Waals surface area contributed by atoms with Gasteiger partial charge in [0.05, 0.1) is 12.2 Å². The molecule has 0 heterocycles. The van der Waals surface area contributed by atoms with Crippen LogP contribution in [0.1, 0.15) is 73.1 Å². The topological polar surface area (TPSA) is 46.5 Å². The lowest BCUT2D eigenvalue weighted by Gasteiger charge is -2.40. The van der Waals surface area contributed by atoms with Crippen LogP contribution in [-0.2, 0) is 16.8 Å². The molecule has 0 saturated heterocycles. The number of carboxylic acid groups (broad SMARTS) is 1. The van der Waals surface area contributed by atoms with Crippen LogP contribution in [0.4, 0.5) is 0 Å². The van der Waals surface area contributed by atoms with E-state index in [1.165, 1.54) is 49.7 Å². The van der Waals surface area contributed by atoms with Crippen LogP contribution in [0.2, 0.25) is 0 Å². The molecule has 7 rings (SSSR count). The fourth-order valence-corrected chi connectivity index (χ4v) is 7.23. The first-order valence-corrected chi connectivity index (χ1v) is 15.8. The van der Waals surface area contributed by atoms with Gasteiger partial charge in [0.1, 0.15) is 0 Å². The van der Waals surface area contributed by atoms with Gasteiger partial charge in [0.15, 0.2) is 0 Å². The highest BCUT2D eigenvalue weighted by Crippen LogP contribution is 2.51. The van der Waals surface area contributed by atoms with Crippen LogP contribution in [0.3, 0.4) is 0 Å². The minimum absolute atomic E-state index is 0.113. The van der Waals surface area contributed by atoms with Crippen LogP contribution in [0, 0.1) is 12.3 Å². The van der Waals surface area contributed by atoms with Crippen molar-refractivity contribution in [2.75, 3.05) is 7.11 Å². The molecule has 0 saturated carbocycles. The lowest BCUT2D eigenvalue weighted by molar-refractivity contribution is 0.0697. The van der Waals surface area contributed by atoms with Crippen molar-refractivity contribution in [2.45, 2.75) is 59.5 Å². The third-order valence-corrected chi connectivity index (χ3v) is 9.23. The Morgan fingerprint density at radius 1 is 0.800 bits per heavy atom. The first-order valence-electron chi connectivity index (χ1n) is 15.8. The van der Waals surface area contributed by atoms with Gasteiger partial charge >= 0.3 is 5.97 Å². The fourth-order valence-electron chi connectivity index (χ4n) is 7.23. The van der Waals surface area contributed by atoms with Crippen LogP contribution < -0.4 is 0 Å². The Balaban J connectivity index is 0.000000229. The van der Waals surface area contributed by atoms with Gasteiger partial charge in [-0.15, -0.1) is 0 Å². The second kappa shape index (κ2) is 11.8. The maximum absolute atomic E-state index is 10.6. The Hall–Kier alpha value is -4.47. The van der Waals surface area contributed by atoms with E-state index in [0.29, 0.717) is 12.2 Å². The molecule has 3 heteroatoms.